The average Bonchev–Trinajstić information content (AvgIpc) is 3.27. The van der Waals surface area contributed by atoms with E-state index in [1.165, 1.54) is 11.7 Å². The maximum absolute atomic E-state index is 4.60. The Balaban J connectivity index is 1.56. The molecule has 25 heavy (non-hydrogen) atoms. The molecule has 5 rings (SSSR count). The topological polar surface area (TPSA) is 80.9 Å². The zero-order valence-corrected chi connectivity index (χ0v) is 13.7. The second kappa shape index (κ2) is 5.60. The molecule has 0 atom stereocenters. The molecule has 3 aromatic heterocycles. The van der Waals surface area contributed by atoms with Gasteiger partial charge in [0.1, 0.15) is 16.7 Å². The molecule has 0 saturated carbocycles. The van der Waals surface area contributed by atoms with Crippen LogP contribution >= 0.6 is 11.7 Å². The van der Waals surface area contributed by atoms with Crippen LogP contribution in [0.5, 0.6) is 0 Å². The van der Waals surface area contributed by atoms with Crippen molar-refractivity contribution >= 4 is 40.0 Å². The van der Waals surface area contributed by atoms with Gasteiger partial charge in [-0.3, -0.25) is 4.98 Å². The first-order chi connectivity index (χ1) is 12.4. The predicted molar refractivity (Wildman–Crippen MR) is 96.9 cm³/mol. The Kier molecular flexibility index (Phi) is 3.14. The Bertz CT molecular complexity index is 1180. The summed E-state index contributed by atoms with van der Waals surface area (Å²) in [5.74, 6) is 0.507. The Hall–Kier alpha value is -3.39. The van der Waals surface area contributed by atoms with Crippen LogP contribution in [0.4, 0.5) is 11.6 Å². The minimum Gasteiger partial charge on any atom is -0.323 e. The van der Waals surface area contributed by atoms with E-state index in [-0.39, 0.29) is 0 Å². The molecule has 120 valence electrons. The molecule has 5 aromatic rings. The molecule has 1 N–H and O–H groups in total. The number of fused-ring (bicyclic) bond motifs is 2. The van der Waals surface area contributed by atoms with E-state index in [9.17, 15) is 0 Å². The van der Waals surface area contributed by atoms with Gasteiger partial charge >= 0.3 is 0 Å². The first-order valence-electron chi connectivity index (χ1n) is 7.63. The Morgan fingerprint density at radius 1 is 0.960 bits per heavy atom. The number of hydrogen-bond donors (Lipinski definition) is 1. The van der Waals surface area contributed by atoms with E-state index in [0.29, 0.717) is 11.6 Å². The number of nitrogens with zero attached hydrogens (tertiary/aromatic N) is 6. The summed E-state index contributed by atoms with van der Waals surface area (Å²) in [7, 11) is 0. The van der Waals surface area contributed by atoms with Crippen molar-refractivity contribution in [2.24, 2.45) is 0 Å². The fraction of sp³-hybridized carbons (Fsp3) is 0. The first-order valence-corrected chi connectivity index (χ1v) is 8.36. The third-order valence-corrected chi connectivity index (χ3v) is 4.37. The molecular formula is C17H11N7S. The molecule has 8 heteroatoms. The largest absolute Gasteiger partial charge is 0.323 e. The number of benzene rings is 2. The fourth-order valence-corrected chi connectivity index (χ4v) is 3.18. The highest BCUT2D eigenvalue weighted by atomic mass is 32.1. The molecule has 7 nitrogen and oxygen atoms in total. The zero-order valence-electron chi connectivity index (χ0n) is 12.9. The second-order valence-electron chi connectivity index (χ2n) is 5.44. The van der Waals surface area contributed by atoms with Gasteiger partial charge in [-0.2, -0.15) is 13.7 Å². The van der Waals surface area contributed by atoms with Gasteiger partial charge in [0.2, 0.25) is 5.95 Å². The van der Waals surface area contributed by atoms with Crippen molar-refractivity contribution in [2.45, 2.75) is 0 Å². The molecule has 0 saturated heterocycles. The lowest BCUT2D eigenvalue weighted by Gasteiger charge is -2.00. The molecule has 0 spiro atoms. The van der Waals surface area contributed by atoms with Crippen molar-refractivity contribution in [1.82, 2.24) is 28.3 Å². The van der Waals surface area contributed by atoms with Crippen LogP contribution in [-0.2, 0) is 0 Å². The van der Waals surface area contributed by atoms with Gasteiger partial charge < -0.3 is 5.32 Å². The molecule has 0 unspecified atom stereocenters. The molecule has 0 fully saturated rings. The van der Waals surface area contributed by atoms with E-state index >= 15 is 0 Å². The summed E-state index contributed by atoms with van der Waals surface area (Å²) < 4.78 is 10.2. The summed E-state index contributed by atoms with van der Waals surface area (Å²) in [6.07, 6.45) is 3.51. The van der Waals surface area contributed by atoms with Gasteiger partial charge in [0.05, 0.1) is 11.7 Å². The van der Waals surface area contributed by atoms with Gasteiger partial charge in [-0.1, -0.05) is 30.3 Å². The van der Waals surface area contributed by atoms with Crippen LogP contribution in [-0.4, -0.2) is 28.3 Å². The van der Waals surface area contributed by atoms with Crippen molar-refractivity contribution < 1.29 is 0 Å². The summed E-state index contributed by atoms with van der Waals surface area (Å²) in [6, 6.07) is 15.7. The van der Waals surface area contributed by atoms with Crippen molar-refractivity contribution in [3.8, 4) is 11.3 Å². The van der Waals surface area contributed by atoms with Crippen molar-refractivity contribution in [3.05, 3.63) is 60.9 Å². The Morgan fingerprint density at radius 3 is 2.76 bits per heavy atom. The van der Waals surface area contributed by atoms with Gasteiger partial charge in [-0.05, 0) is 18.2 Å². The quantitative estimate of drug-likeness (QED) is 0.539. The monoisotopic (exact) mass is 345 g/mol. The first kappa shape index (κ1) is 14.0. The van der Waals surface area contributed by atoms with Crippen LogP contribution in [0.1, 0.15) is 0 Å². The zero-order chi connectivity index (χ0) is 16.6. The molecule has 2 aromatic carbocycles. The summed E-state index contributed by atoms with van der Waals surface area (Å²) >= 11 is 1.20. The van der Waals surface area contributed by atoms with Gasteiger partial charge in [-0.25, -0.2) is 4.52 Å². The minimum absolute atomic E-state index is 0.507. The van der Waals surface area contributed by atoms with Crippen molar-refractivity contribution in [3.63, 3.8) is 0 Å². The molecule has 3 heterocycles. The summed E-state index contributed by atoms with van der Waals surface area (Å²) in [6.45, 7) is 0. The third kappa shape index (κ3) is 2.48. The lowest BCUT2D eigenvalue weighted by molar-refractivity contribution is 0.952. The van der Waals surface area contributed by atoms with E-state index in [2.05, 4.69) is 29.1 Å². The molecule has 0 aliphatic rings. The highest BCUT2D eigenvalue weighted by Gasteiger charge is 2.11. The molecule has 0 bridgehead atoms. The highest BCUT2D eigenvalue weighted by Crippen LogP contribution is 2.23. The van der Waals surface area contributed by atoms with Crippen LogP contribution in [0.2, 0.25) is 0 Å². The van der Waals surface area contributed by atoms with Crippen LogP contribution < -0.4 is 5.32 Å². The predicted octanol–water partition coefficient (Wildman–Crippen LogP) is 3.54. The Labute approximate surface area is 146 Å². The second-order valence-corrected chi connectivity index (χ2v) is 5.97. The fourth-order valence-electron chi connectivity index (χ4n) is 2.66. The third-order valence-electron chi connectivity index (χ3n) is 3.81. The Morgan fingerprint density at radius 2 is 1.84 bits per heavy atom. The van der Waals surface area contributed by atoms with E-state index in [0.717, 1.165) is 28.0 Å². The SMILES string of the molecule is c1ccc(-c2nccn3nc(Nc4ccc5nsnc5c4)nc23)cc1. The lowest BCUT2D eigenvalue weighted by atomic mass is 10.1. The van der Waals surface area contributed by atoms with Crippen LogP contribution in [0.25, 0.3) is 27.9 Å². The van der Waals surface area contributed by atoms with E-state index in [1.54, 1.807) is 16.9 Å². The molecule has 0 aliphatic carbocycles. The molecule has 0 radical (unpaired) electrons. The van der Waals surface area contributed by atoms with Crippen molar-refractivity contribution in [2.75, 3.05) is 5.32 Å². The maximum atomic E-state index is 4.60. The molecule has 0 amide bonds. The minimum atomic E-state index is 0.507. The van der Waals surface area contributed by atoms with Gasteiger partial charge in [0.15, 0.2) is 5.65 Å². The van der Waals surface area contributed by atoms with Crippen LogP contribution in [0.15, 0.2) is 60.9 Å². The number of nitrogens with one attached hydrogen (secondary N) is 1. The van der Waals surface area contributed by atoms with Crippen LogP contribution in [0, 0.1) is 0 Å². The van der Waals surface area contributed by atoms with E-state index in [4.69, 9.17) is 0 Å². The number of rotatable bonds is 3. The molecule has 0 aliphatic heterocycles. The lowest BCUT2D eigenvalue weighted by Crippen LogP contribution is -1.93. The maximum Gasteiger partial charge on any atom is 0.247 e. The van der Waals surface area contributed by atoms with Gasteiger partial charge in [0.25, 0.3) is 0 Å². The number of anilines is 2. The number of aromatic nitrogens is 6. The smallest absolute Gasteiger partial charge is 0.247 e. The molecular weight excluding hydrogens is 334 g/mol. The summed E-state index contributed by atoms with van der Waals surface area (Å²) in [5.41, 5.74) is 5.10. The average molecular weight is 345 g/mol. The van der Waals surface area contributed by atoms with Gasteiger partial charge in [0, 0.05) is 23.6 Å². The highest BCUT2D eigenvalue weighted by molar-refractivity contribution is 7.00. The standard InChI is InChI=1S/C17H11N7S/c1-2-4-11(5-3-1)15-16-20-17(21-24(16)9-8-18-15)19-12-6-7-13-14(10-12)23-25-22-13/h1-10H,(H,19,21). The van der Waals surface area contributed by atoms with Crippen LogP contribution in [0.3, 0.4) is 0 Å². The van der Waals surface area contributed by atoms with Gasteiger partial charge in [-0.15, -0.1) is 5.10 Å². The van der Waals surface area contributed by atoms with E-state index < -0.39 is 0 Å². The summed E-state index contributed by atoms with van der Waals surface area (Å²) in [5, 5.41) is 7.70. The van der Waals surface area contributed by atoms with Crippen molar-refractivity contribution in [1.29, 1.82) is 0 Å². The normalized spacial score (nSPS) is 11.2. The summed E-state index contributed by atoms with van der Waals surface area (Å²) in [4.78, 5) is 9.06. The van der Waals surface area contributed by atoms with E-state index in [1.807, 2.05) is 48.5 Å². The number of hydrogen-bond acceptors (Lipinski definition) is 7.